The Labute approximate surface area is 99.7 Å². The average molecular weight is 237 g/mol. The summed E-state index contributed by atoms with van der Waals surface area (Å²) in [4.78, 5) is 21.0. The van der Waals surface area contributed by atoms with E-state index in [0.717, 1.165) is 12.2 Å². The van der Waals surface area contributed by atoms with Crippen molar-refractivity contribution in [2.45, 2.75) is 0 Å². The lowest BCUT2D eigenvalue weighted by Crippen LogP contribution is -2.04. The summed E-state index contributed by atoms with van der Waals surface area (Å²) in [5.41, 5.74) is 0. The van der Waals surface area contributed by atoms with Gasteiger partial charge in [-0.1, -0.05) is 18.2 Å². The van der Waals surface area contributed by atoms with Crippen LogP contribution < -0.4 is 10.1 Å². The Bertz CT molecular complexity index is 373. The van der Waals surface area contributed by atoms with Gasteiger partial charge in [0.2, 0.25) is 0 Å². The normalized spacial score (nSPS) is 9.29. The van der Waals surface area contributed by atoms with E-state index in [-0.39, 0.29) is 0 Å². The minimum Gasteiger partial charge on any atom is -0.478 e. The van der Waals surface area contributed by atoms with Gasteiger partial charge >= 0.3 is 11.9 Å². The zero-order chi connectivity index (χ0) is 13.1. The quantitative estimate of drug-likeness (QED) is 0.467. The molecule has 0 aliphatic carbocycles. The van der Waals surface area contributed by atoms with Crippen molar-refractivity contribution >= 4 is 11.9 Å². The van der Waals surface area contributed by atoms with Gasteiger partial charge in [0.15, 0.2) is 0 Å². The molecule has 0 aliphatic rings. The summed E-state index contributed by atoms with van der Waals surface area (Å²) < 4.78 is 4.78. The van der Waals surface area contributed by atoms with Crippen LogP contribution in [-0.2, 0) is 9.59 Å². The number of carboxylic acid groups (broad SMARTS) is 1. The lowest BCUT2D eigenvalue weighted by molar-refractivity contribution is -0.133. The number of ether oxygens (including phenoxy) is 1. The minimum atomic E-state index is -1.19. The highest BCUT2D eigenvalue weighted by molar-refractivity contribution is 5.91. The number of benzene rings is 1. The van der Waals surface area contributed by atoms with Crippen LogP contribution in [0.3, 0.4) is 0 Å². The van der Waals surface area contributed by atoms with Crippen LogP contribution in [0.4, 0.5) is 0 Å². The molecule has 0 spiro atoms. The highest BCUT2D eigenvalue weighted by atomic mass is 16.5. The van der Waals surface area contributed by atoms with E-state index in [1.807, 2.05) is 14.1 Å². The van der Waals surface area contributed by atoms with Gasteiger partial charge in [-0.2, -0.15) is 0 Å². The lowest BCUT2D eigenvalue weighted by Gasteiger charge is -1.98. The van der Waals surface area contributed by atoms with Gasteiger partial charge in [-0.25, -0.2) is 9.59 Å². The van der Waals surface area contributed by atoms with Crippen LogP contribution in [0.5, 0.6) is 5.75 Å². The number of carboxylic acids is 1. The van der Waals surface area contributed by atoms with Crippen molar-refractivity contribution in [2.75, 3.05) is 14.1 Å². The lowest BCUT2D eigenvalue weighted by atomic mass is 10.3. The van der Waals surface area contributed by atoms with Crippen LogP contribution in [0.1, 0.15) is 0 Å². The molecule has 2 N–H and O–H groups in total. The molecule has 1 rings (SSSR count). The number of esters is 1. The highest BCUT2D eigenvalue weighted by Crippen LogP contribution is 2.08. The molecule has 0 unspecified atom stereocenters. The summed E-state index contributed by atoms with van der Waals surface area (Å²) >= 11 is 0. The third kappa shape index (κ3) is 8.83. The molecule has 1 aromatic rings. The standard InChI is InChI=1S/C10H8O4.C2H7N/c11-9(12)6-7-10(13)14-8-4-2-1-3-5-8;1-3-2/h1-7H,(H,11,12);3H,1-2H3/b7-6+;. The molecular formula is C12H15NO4. The first-order valence-electron chi connectivity index (χ1n) is 4.86. The zero-order valence-corrected chi connectivity index (χ0v) is 9.71. The van der Waals surface area contributed by atoms with Gasteiger partial charge in [0.1, 0.15) is 5.75 Å². The predicted octanol–water partition coefficient (Wildman–Crippen LogP) is 1.07. The van der Waals surface area contributed by atoms with Gasteiger partial charge in [-0.15, -0.1) is 0 Å². The second kappa shape index (κ2) is 9.11. The number of hydrogen-bond donors (Lipinski definition) is 2. The molecule has 0 bridgehead atoms. The van der Waals surface area contributed by atoms with Gasteiger partial charge in [-0.05, 0) is 26.2 Å². The third-order valence-corrected chi connectivity index (χ3v) is 1.32. The second-order valence-corrected chi connectivity index (χ2v) is 2.91. The summed E-state index contributed by atoms with van der Waals surface area (Å²) in [5, 5.41) is 11.0. The Balaban J connectivity index is 0.000000770. The summed E-state index contributed by atoms with van der Waals surface area (Å²) in [7, 11) is 3.75. The van der Waals surface area contributed by atoms with Gasteiger partial charge in [-0.3, -0.25) is 0 Å². The molecule has 92 valence electrons. The van der Waals surface area contributed by atoms with E-state index in [9.17, 15) is 9.59 Å². The van der Waals surface area contributed by atoms with Gasteiger partial charge in [0.05, 0.1) is 0 Å². The molecule has 0 amide bonds. The highest BCUT2D eigenvalue weighted by Gasteiger charge is 1.99. The molecule has 0 heterocycles. The van der Waals surface area contributed by atoms with E-state index in [1.54, 1.807) is 30.3 Å². The van der Waals surface area contributed by atoms with E-state index in [4.69, 9.17) is 9.84 Å². The number of nitrogens with one attached hydrogen (secondary N) is 1. The fraction of sp³-hybridized carbons (Fsp3) is 0.167. The van der Waals surface area contributed by atoms with Crippen LogP contribution in [0.15, 0.2) is 42.5 Å². The predicted molar refractivity (Wildman–Crippen MR) is 63.8 cm³/mol. The monoisotopic (exact) mass is 237 g/mol. The maximum absolute atomic E-state index is 10.9. The van der Waals surface area contributed by atoms with Gasteiger partial charge in [0.25, 0.3) is 0 Å². The first kappa shape index (κ1) is 14.9. The third-order valence-electron chi connectivity index (χ3n) is 1.32. The van der Waals surface area contributed by atoms with Crippen LogP contribution in [0.2, 0.25) is 0 Å². The molecule has 0 saturated heterocycles. The molecule has 0 atom stereocenters. The molecule has 5 heteroatoms. The zero-order valence-electron chi connectivity index (χ0n) is 9.71. The summed E-state index contributed by atoms with van der Waals surface area (Å²) in [6.45, 7) is 0. The van der Waals surface area contributed by atoms with Crippen LogP contribution in [0.25, 0.3) is 0 Å². The molecule has 0 fully saturated rings. The minimum absolute atomic E-state index is 0.382. The Hall–Kier alpha value is -2.14. The summed E-state index contributed by atoms with van der Waals surface area (Å²) in [6, 6.07) is 8.41. The maximum atomic E-state index is 10.9. The first-order valence-corrected chi connectivity index (χ1v) is 4.86. The molecule has 1 aromatic carbocycles. The van der Waals surface area contributed by atoms with E-state index in [0.29, 0.717) is 5.75 Å². The second-order valence-electron chi connectivity index (χ2n) is 2.91. The van der Waals surface area contributed by atoms with Crippen molar-refractivity contribution in [3.63, 3.8) is 0 Å². The fourth-order valence-electron chi connectivity index (χ4n) is 0.778. The molecule has 17 heavy (non-hydrogen) atoms. The van der Waals surface area contributed by atoms with Gasteiger partial charge in [0, 0.05) is 12.2 Å². The van der Waals surface area contributed by atoms with Crippen molar-refractivity contribution in [1.29, 1.82) is 0 Å². The Morgan fingerprint density at radius 2 is 1.71 bits per heavy atom. The van der Waals surface area contributed by atoms with E-state index in [2.05, 4.69) is 5.32 Å². The van der Waals surface area contributed by atoms with Crippen molar-refractivity contribution in [3.8, 4) is 5.75 Å². The number of para-hydroxylation sites is 1. The van der Waals surface area contributed by atoms with Crippen molar-refractivity contribution in [1.82, 2.24) is 5.32 Å². The summed E-state index contributed by atoms with van der Waals surface area (Å²) in [5.74, 6) is -1.51. The molecule has 0 aromatic heterocycles. The van der Waals surface area contributed by atoms with Crippen LogP contribution in [-0.4, -0.2) is 31.1 Å². The number of aliphatic carboxylic acids is 1. The Morgan fingerprint density at radius 1 is 1.18 bits per heavy atom. The SMILES string of the molecule is CNC.O=C(O)/C=C/C(=O)Oc1ccccc1. The molecular weight excluding hydrogens is 222 g/mol. The first-order chi connectivity index (χ1) is 8.10. The average Bonchev–Trinajstić information content (AvgIpc) is 2.29. The van der Waals surface area contributed by atoms with Crippen LogP contribution in [0, 0.1) is 0 Å². The summed E-state index contributed by atoms with van der Waals surface area (Å²) in [6.07, 6.45) is 1.58. The molecule has 0 radical (unpaired) electrons. The Kier molecular flexibility index (Phi) is 7.97. The topological polar surface area (TPSA) is 75.6 Å². The number of hydrogen-bond acceptors (Lipinski definition) is 4. The van der Waals surface area contributed by atoms with Crippen molar-refractivity contribution in [2.24, 2.45) is 0 Å². The molecule has 0 saturated carbocycles. The Morgan fingerprint density at radius 3 is 2.18 bits per heavy atom. The van der Waals surface area contributed by atoms with Crippen molar-refractivity contribution in [3.05, 3.63) is 42.5 Å². The maximum Gasteiger partial charge on any atom is 0.336 e. The smallest absolute Gasteiger partial charge is 0.336 e. The molecule has 0 aliphatic heterocycles. The largest absolute Gasteiger partial charge is 0.478 e. The number of rotatable bonds is 3. The van der Waals surface area contributed by atoms with Crippen LogP contribution >= 0.6 is 0 Å². The van der Waals surface area contributed by atoms with Gasteiger partial charge < -0.3 is 15.2 Å². The number of carbonyl (C=O) groups excluding carboxylic acids is 1. The van der Waals surface area contributed by atoms with Crippen molar-refractivity contribution < 1.29 is 19.4 Å². The van der Waals surface area contributed by atoms with E-state index in [1.165, 1.54) is 0 Å². The number of carbonyl (C=O) groups is 2. The molecule has 5 nitrogen and oxygen atoms in total. The van der Waals surface area contributed by atoms with E-state index < -0.39 is 11.9 Å². The van der Waals surface area contributed by atoms with E-state index >= 15 is 0 Å². The fourth-order valence-corrected chi connectivity index (χ4v) is 0.778.